The number of allylic oxidation sites excluding steroid dienone is 2. The zero-order chi connectivity index (χ0) is 48.6. The van der Waals surface area contributed by atoms with Crippen molar-refractivity contribution < 1.29 is 89.7 Å². The average molecular weight is 947 g/mol. The van der Waals surface area contributed by atoms with E-state index >= 15 is 0 Å². The van der Waals surface area contributed by atoms with Gasteiger partial charge in [-0.25, -0.2) is 0 Å². The van der Waals surface area contributed by atoms with Crippen molar-refractivity contribution in [2.45, 2.75) is 223 Å². The smallest absolute Gasteiger partial charge is 0.187 e. The number of fused-ring (bicyclic) bond motifs is 5. The molecule has 0 aromatic carbocycles. The third-order valence-corrected chi connectivity index (χ3v) is 18.8. The van der Waals surface area contributed by atoms with E-state index in [2.05, 4.69) is 40.7 Å². The van der Waals surface area contributed by atoms with E-state index < -0.39 is 135 Å². The van der Waals surface area contributed by atoms with Gasteiger partial charge in [0.15, 0.2) is 18.9 Å². The van der Waals surface area contributed by atoms with E-state index in [-0.39, 0.29) is 39.9 Å². The minimum atomic E-state index is -1.79. The fraction of sp³-hybridized carbons (Fsp3) is 0.958. The fourth-order valence-corrected chi connectivity index (χ4v) is 14.9. The Labute approximate surface area is 388 Å². The number of aliphatic hydroxyl groups excluding tert-OH is 12. The Morgan fingerprint density at radius 3 is 1.71 bits per heavy atom. The molecule has 66 heavy (non-hydrogen) atoms. The zero-order valence-corrected chi connectivity index (χ0v) is 40.0. The summed E-state index contributed by atoms with van der Waals surface area (Å²) in [7, 11) is 0. The molecule has 12 N–H and O–H groups in total. The minimum Gasteiger partial charge on any atom is -0.394 e. The molecule has 0 amide bonds. The highest BCUT2D eigenvalue weighted by Crippen LogP contribution is 2.76. The van der Waals surface area contributed by atoms with Crippen molar-refractivity contribution in [2.75, 3.05) is 19.8 Å². The summed E-state index contributed by atoms with van der Waals surface area (Å²) in [4.78, 5) is 0. The lowest BCUT2D eigenvalue weighted by Crippen LogP contribution is -2.68. The lowest BCUT2D eigenvalue weighted by atomic mass is 9.35. The number of hydrogen-bond donors (Lipinski definition) is 12. The Balaban J connectivity index is 1.13. The van der Waals surface area contributed by atoms with Crippen LogP contribution < -0.4 is 0 Å². The standard InChI is InChI=1S/C48H82O18/c1-22(2)10-9-14-48(8,66-42-39(60)36(57)33(54)26(20-50)62-42)23-11-16-47(7)31(23)24(52)18-29-45(5)15-13-30(44(3,4)28(45)12-17-46(29,47)6)64-43-40(37(58)34(55)27(21-51)63-43)65-41-38(59)35(56)32(53)25(19-49)61-41/h10,23-43,49-60H,9,11-21H2,1-8H3/t23-,24+,25+,26+,27+,28-,29+,30-,31-,32+,33+,34+,35-,36-,37-,38+,39+,40+,41-,42-,43-,45-,46+,47+,48-/m0/s1. The minimum absolute atomic E-state index is 0.0905. The summed E-state index contributed by atoms with van der Waals surface area (Å²) in [5.74, 6) is -0.151. The first-order valence-electron chi connectivity index (χ1n) is 24.4. The van der Waals surface area contributed by atoms with E-state index in [0.29, 0.717) is 25.7 Å². The maximum Gasteiger partial charge on any atom is 0.187 e. The molecule has 18 nitrogen and oxygen atoms in total. The quantitative estimate of drug-likeness (QED) is 0.0853. The van der Waals surface area contributed by atoms with Crippen molar-refractivity contribution in [3.05, 3.63) is 11.6 Å². The highest BCUT2D eigenvalue weighted by molar-refractivity contribution is 5.20. The Kier molecular flexibility index (Phi) is 15.7. The lowest BCUT2D eigenvalue weighted by molar-refractivity contribution is -0.378. The van der Waals surface area contributed by atoms with Crippen LogP contribution in [0.3, 0.4) is 0 Å². The molecule has 4 saturated carbocycles. The van der Waals surface area contributed by atoms with Crippen molar-refractivity contribution >= 4 is 0 Å². The molecule has 4 aliphatic carbocycles. The van der Waals surface area contributed by atoms with Crippen molar-refractivity contribution in [2.24, 2.45) is 45.3 Å². The molecule has 0 aromatic heterocycles. The largest absolute Gasteiger partial charge is 0.394 e. The summed E-state index contributed by atoms with van der Waals surface area (Å²) >= 11 is 0. The first kappa shape index (κ1) is 52.8. The van der Waals surface area contributed by atoms with Crippen LogP contribution in [0.25, 0.3) is 0 Å². The van der Waals surface area contributed by atoms with Crippen LogP contribution in [0.4, 0.5) is 0 Å². The molecule has 7 fully saturated rings. The van der Waals surface area contributed by atoms with Gasteiger partial charge in [0.1, 0.15) is 73.2 Å². The molecule has 3 saturated heterocycles. The van der Waals surface area contributed by atoms with Gasteiger partial charge in [0.2, 0.25) is 0 Å². The summed E-state index contributed by atoms with van der Waals surface area (Å²) in [6.45, 7) is 15.5. The molecular formula is C48H82O18. The van der Waals surface area contributed by atoms with Crippen LogP contribution in [0.15, 0.2) is 11.6 Å². The van der Waals surface area contributed by atoms with Gasteiger partial charge in [-0.2, -0.15) is 0 Å². The second-order valence-electron chi connectivity index (χ2n) is 22.9. The second-order valence-corrected chi connectivity index (χ2v) is 22.9. The monoisotopic (exact) mass is 947 g/mol. The van der Waals surface area contributed by atoms with E-state index in [9.17, 15) is 61.3 Å². The van der Waals surface area contributed by atoms with Gasteiger partial charge in [-0.3, -0.25) is 0 Å². The topological polar surface area (TPSA) is 298 Å². The SMILES string of the molecule is CC(C)=CCC[C@](C)(O[C@@H]1O[C@H](CO)[C@@H](O)[C@H](O)[C@H]1O)[C@H]1CC[C@]2(C)[C@@H]1[C@H](O)C[C@@H]1[C@@]3(C)CC[C@H](O[C@@H]4O[C@H](CO)[C@@H](O)[C@H](O)[C@H]4O[C@@H]4O[C@H](CO)[C@@H](O)[C@H](O)[C@H]4O)C(C)(C)[C@@H]3CC[C@]12C. The van der Waals surface area contributed by atoms with E-state index in [1.165, 1.54) is 0 Å². The van der Waals surface area contributed by atoms with Gasteiger partial charge < -0.3 is 89.7 Å². The van der Waals surface area contributed by atoms with Gasteiger partial charge >= 0.3 is 0 Å². The highest BCUT2D eigenvalue weighted by Gasteiger charge is 2.72. The Hall–Kier alpha value is -0.980. The van der Waals surface area contributed by atoms with Gasteiger partial charge in [-0.15, -0.1) is 0 Å². The summed E-state index contributed by atoms with van der Waals surface area (Å²) in [6.07, 6.45) is -15.4. The van der Waals surface area contributed by atoms with Crippen LogP contribution in [-0.2, 0) is 28.4 Å². The van der Waals surface area contributed by atoms with E-state index in [1.54, 1.807) is 0 Å². The summed E-state index contributed by atoms with van der Waals surface area (Å²) in [5, 5.41) is 129. The van der Waals surface area contributed by atoms with Gasteiger partial charge in [0.25, 0.3) is 0 Å². The predicted molar refractivity (Wildman–Crippen MR) is 234 cm³/mol. The number of hydrogen-bond acceptors (Lipinski definition) is 18. The maximum atomic E-state index is 12.7. The van der Waals surface area contributed by atoms with Gasteiger partial charge in [-0.1, -0.05) is 46.3 Å². The Morgan fingerprint density at radius 2 is 1.14 bits per heavy atom. The second kappa shape index (κ2) is 19.6. The number of rotatable bonds is 13. The van der Waals surface area contributed by atoms with Gasteiger partial charge in [0.05, 0.1) is 37.6 Å². The van der Waals surface area contributed by atoms with Crippen LogP contribution in [-0.4, -0.2) is 191 Å². The molecule has 0 bridgehead atoms. The molecule has 0 spiro atoms. The Morgan fingerprint density at radius 1 is 0.606 bits per heavy atom. The van der Waals surface area contributed by atoms with Crippen LogP contribution in [0, 0.1) is 45.3 Å². The highest BCUT2D eigenvalue weighted by atomic mass is 16.8. The van der Waals surface area contributed by atoms with E-state index in [0.717, 1.165) is 37.7 Å². The first-order valence-corrected chi connectivity index (χ1v) is 24.4. The lowest BCUT2D eigenvalue weighted by Gasteiger charge is -2.71. The molecule has 382 valence electrons. The van der Waals surface area contributed by atoms with Crippen LogP contribution in [0.1, 0.15) is 113 Å². The summed E-state index contributed by atoms with van der Waals surface area (Å²) < 4.78 is 37.2. The van der Waals surface area contributed by atoms with Crippen molar-refractivity contribution in [3.8, 4) is 0 Å². The van der Waals surface area contributed by atoms with E-state index in [4.69, 9.17) is 28.4 Å². The van der Waals surface area contributed by atoms with Crippen LogP contribution >= 0.6 is 0 Å². The van der Waals surface area contributed by atoms with Crippen LogP contribution in [0.2, 0.25) is 0 Å². The molecule has 18 heteroatoms. The molecule has 0 unspecified atom stereocenters. The number of aliphatic hydroxyl groups is 12. The average Bonchev–Trinajstić information content (AvgIpc) is 3.65. The fourth-order valence-electron chi connectivity index (χ4n) is 14.9. The maximum absolute atomic E-state index is 12.7. The molecule has 7 rings (SSSR count). The van der Waals surface area contributed by atoms with Crippen molar-refractivity contribution in [1.29, 1.82) is 0 Å². The molecule has 3 aliphatic heterocycles. The van der Waals surface area contributed by atoms with Crippen molar-refractivity contribution in [1.82, 2.24) is 0 Å². The van der Waals surface area contributed by atoms with E-state index in [1.807, 2.05) is 20.8 Å². The van der Waals surface area contributed by atoms with Crippen LogP contribution in [0.5, 0.6) is 0 Å². The predicted octanol–water partition coefficient (Wildman–Crippen LogP) is -0.0268. The normalized spacial score (nSPS) is 52.4. The summed E-state index contributed by atoms with van der Waals surface area (Å²) in [5.41, 5.74) is -1.12. The summed E-state index contributed by atoms with van der Waals surface area (Å²) in [6, 6.07) is 0. The Bertz CT molecular complexity index is 1680. The molecule has 3 heterocycles. The molecule has 25 atom stereocenters. The third kappa shape index (κ3) is 8.79. The third-order valence-electron chi connectivity index (χ3n) is 18.8. The van der Waals surface area contributed by atoms with Gasteiger partial charge in [0, 0.05) is 0 Å². The molecule has 0 radical (unpaired) electrons. The van der Waals surface area contributed by atoms with Crippen molar-refractivity contribution in [3.63, 3.8) is 0 Å². The molecule has 7 aliphatic rings. The molecule has 0 aromatic rings. The van der Waals surface area contributed by atoms with Gasteiger partial charge in [-0.05, 0) is 124 Å². The zero-order valence-electron chi connectivity index (χ0n) is 40.0. The number of ether oxygens (including phenoxy) is 6. The molecular weight excluding hydrogens is 865 g/mol. The first-order chi connectivity index (χ1) is 30.8.